The van der Waals surface area contributed by atoms with Crippen LogP contribution in [-0.4, -0.2) is 103 Å². The topological polar surface area (TPSA) is 250 Å². The molecule has 1 aliphatic heterocycles. The molecule has 0 amide bonds. The van der Waals surface area contributed by atoms with E-state index in [1.165, 1.54) is 0 Å². The van der Waals surface area contributed by atoms with E-state index in [0.717, 1.165) is 24.8 Å². The molecule has 0 aromatic heterocycles. The Morgan fingerprint density at radius 3 is 2.25 bits per heavy atom. The summed E-state index contributed by atoms with van der Waals surface area (Å²) in [6.07, 6.45) is -7.93. The van der Waals surface area contributed by atoms with Crippen molar-refractivity contribution in [1.29, 1.82) is 0 Å². The molecule has 5 aliphatic rings. The zero-order valence-corrected chi connectivity index (χ0v) is 28.7. The second kappa shape index (κ2) is 13.4. The van der Waals surface area contributed by atoms with Crippen LogP contribution in [0.25, 0.3) is 0 Å². The van der Waals surface area contributed by atoms with Crippen LogP contribution in [0.3, 0.4) is 0 Å². The van der Waals surface area contributed by atoms with Crippen LogP contribution in [0.2, 0.25) is 0 Å². The maximum Gasteiger partial charge on any atom is 0.397 e. The van der Waals surface area contributed by atoms with Gasteiger partial charge in [-0.15, -0.1) is 0 Å². The van der Waals surface area contributed by atoms with Gasteiger partial charge in [-0.2, -0.15) is 16.8 Å². The van der Waals surface area contributed by atoms with Crippen LogP contribution < -0.4 is 0 Å². The Balaban J connectivity index is 1.51. The molecular formula is C30H46O16S2. The maximum absolute atomic E-state index is 12.9. The lowest BCUT2D eigenvalue weighted by atomic mass is 9.43. The third kappa shape index (κ3) is 7.20. The number of aliphatic hydroxyl groups excluding tert-OH is 2. The number of carboxylic acids is 1. The summed E-state index contributed by atoms with van der Waals surface area (Å²) in [5.41, 5.74) is -0.319. The zero-order valence-electron chi connectivity index (χ0n) is 27.0. The molecule has 5 rings (SSSR count). The van der Waals surface area contributed by atoms with E-state index in [2.05, 4.69) is 10.8 Å². The zero-order chi connectivity index (χ0) is 35.6. The number of hydrogen-bond acceptors (Lipinski definition) is 13. The van der Waals surface area contributed by atoms with Gasteiger partial charge in [-0.25, -0.2) is 8.37 Å². The monoisotopic (exact) mass is 726 g/mol. The van der Waals surface area contributed by atoms with Crippen molar-refractivity contribution >= 4 is 32.7 Å². The summed E-state index contributed by atoms with van der Waals surface area (Å²) in [5.74, 6) is -3.25. The first-order chi connectivity index (χ1) is 22.2. The van der Waals surface area contributed by atoms with E-state index in [4.69, 9.17) is 18.4 Å². The van der Waals surface area contributed by atoms with E-state index in [1.807, 2.05) is 6.92 Å². The van der Waals surface area contributed by atoms with E-state index >= 15 is 0 Å². The first-order valence-electron chi connectivity index (χ1n) is 16.2. The molecule has 1 spiro atoms. The highest BCUT2D eigenvalue weighted by molar-refractivity contribution is 7.81. The highest BCUT2D eigenvalue weighted by atomic mass is 32.3. The first kappa shape index (κ1) is 37.5. The van der Waals surface area contributed by atoms with Crippen molar-refractivity contribution in [3.05, 3.63) is 12.2 Å². The summed E-state index contributed by atoms with van der Waals surface area (Å²) in [6.45, 7) is 8.52. The van der Waals surface area contributed by atoms with Gasteiger partial charge in [0.15, 0.2) is 18.5 Å². The molecular weight excluding hydrogens is 680 g/mol. The number of ether oxygens (including phenoxy) is 3. The van der Waals surface area contributed by atoms with Gasteiger partial charge in [-0.3, -0.25) is 18.7 Å². The van der Waals surface area contributed by atoms with Crippen molar-refractivity contribution in [1.82, 2.24) is 0 Å². The van der Waals surface area contributed by atoms with Gasteiger partial charge < -0.3 is 29.5 Å². The average Bonchev–Trinajstić information content (AvgIpc) is 3.12. The third-order valence-electron chi connectivity index (χ3n) is 11.5. The van der Waals surface area contributed by atoms with E-state index < -0.39 is 99.0 Å². The quantitative estimate of drug-likeness (QED) is 0.0879. The molecule has 13 atom stereocenters. The normalized spacial score (nSPS) is 43.0. The molecule has 16 nitrogen and oxygen atoms in total. The van der Waals surface area contributed by atoms with Crippen LogP contribution in [-0.2, 0) is 53.0 Å². The Morgan fingerprint density at radius 2 is 1.67 bits per heavy atom. The minimum atomic E-state index is -5.42. The molecule has 18 heteroatoms. The van der Waals surface area contributed by atoms with Gasteiger partial charge in [0, 0.05) is 11.8 Å². The summed E-state index contributed by atoms with van der Waals surface area (Å²) >= 11 is 0. The average molecular weight is 727 g/mol. The summed E-state index contributed by atoms with van der Waals surface area (Å²) in [7, 11) is -10.8. The standard InChI is InChI=1S/C30H46O16S2/c1-14(2)9-22(32)44-25-24(46-48(39,40)41)23(45-47(36,37)38)20(13-31)43-28(25)42-17-10-18(27(34)35)19-7-8-30-11-16(15(3)26(30)33)5-6-21(30)29(19,4)12-17/h14,16-21,23-26,28,31,33H,3,5-13H2,1-2,4H3,(H,34,35)(H,36,37,38)(H,39,40,41)/t16?,17-,18-,19-,20-,21+,23-,24+,25-,26+,28-,29+,30-/m1/s1. The molecule has 1 saturated heterocycles. The van der Waals surface area contributed by atoms with Crippen molar-refractivity contribution in [3.63, 3.8) is 0 Å². The van der Waals surface area contributed by atoms with E-state index in [9.17, 15) is 50.8 Å². The number of esters is 1. The molecule has 274 valence electrons. The number of carbonyl (C=O) groups excluding carboxylic acids is 1. The van der Waals surface area contributed by atoms with Gasteiger partial charge in [-0.05, 0) is 79.6 Å². The molecule has 48 heavy (non-hydrogen) atoms. The molecule has 0 aromatic rings. The van der Waals surface area contributed by atoms with E-state index in [0.29, 0.717) is 12.8 Å². The summed E-state index contributed by atoms with van der Waals surface area (Å²) in [4.78, 5) is 25.7. The Bertz CT molecular complexity index is 1480. The number of carboxylic acid groups (broad SMARTS) is 1. The Hall–Kier alpha value is -1.74. The van der Waals surface area contributed by atoms with Gasteiger partial charge in [0.05, 0.1) is 24.7 Å². The molecule has 1 unspecified atom stereocenters. The lowest BCUT2D eigenvalue weighted by Gasteiger charge is -2.62. The first-order valence-corrected chi connectivity index (χ1v) is 18.9. The number of aliphatic hydroxyl groups is 2. The number of carbonyl (C=O) groups is 2. The van der Waals surface area contributed by atoms with Crippen LogP contribution in [0, 0.1) is 40.4 Å². The van der Waals surface area contributed by atoms with Crippen LogP contribution in [0.15, 0.2) is 12.2 Å². The van der Waals surface area contributed by atoms with Gasteiger partial charge in [-0.1, -0.05) is 27.4 Å². The molecule has 5 N–H and O–H groups in total. The number of aliphatic carboxylic acids is 1. The second-order valence-electron chi connectivity index (χ2n) is 14.8. The second-order valence-corrected chi connectivity index (χ2v) is 16.9. The van der Waals surface area contributed by atoms with Crippen LogP contribution >= 0.6 is 0 Å². The Labute approximate surface area is 280 Å². The molecule has 2 bridgehead atoms. The third-order valence-corrected chi connectivity index (χ3v) is 12.4. The van der Waals surface area contributed by atoms with E-state index in [1.54, 1.807) is 13.8 Å². The van der Waals surface area contributed by atoms with Crippen molar-refractivity contribution in [2.75, 3.05) is 6.61 Å². The van der Waals surface area contributed by atoms with Crippen molar-refractivity contribution in [2.45, 2.75) is 115 Å². The van der Waals surface area contributed by atoms with E-state index in [-0.39, 0.29) is 42.9 Å². The number of fused-ring (bicyclic) bond motifs is 3. The fourth-order valence-corrected chi connectivity index (χ4v) is 10.8. The van der Waals surface area contributed by atoms with Crippen LogP contribution in [0.4, 0.5) is 0 Å². The predicted octanol–water partition coefficient (Wildman–Crippen LogP) is 1.67. The molecule has 4 saturated carbocycles. The lowest BCUT2D eigenvalue weighted by molar-refractivity contribution is -0.316. The smallest absolute Gasteiger partial charge is 0.397 e. The predicted molar refractivity (Wildman–Crippen MR) is 162 cm³/mol. The van der Waals surface area contributed by atoms with Crippen LogP contribution in [0.5, 0.6) is 0 Å². The number of rotatable bonds is 11. The van der Waals surface area contributed by atoms with Gasteiger partial charge in [0.2, 0.25) is 0 Å². The minimum Gasteiger partial charge on any atom is -0.481 e. The Kier molecular flexibility index (Phi) is 10.5. The highest BCUT2D eigenvalue weighted by Crippen LogP contribution is 2.70. The van der Waals surface area contributed by atoms with Gasteiger partial charge in [0.1, 0.15) is 12.2 Å². The fourth-order valence-electron chi connectivity index (χ4n) is 9.82. The summed E-state index contributed by atoms with van der Waals surface area (Å²) < 4.78 is 93.5. The largest absolute Gasteiger partial charge is 0.481 e. The van der Waals surface area contributed by atoms with Gasteiger partial charge >= 0.3 is 32.7 Å². The number of hydrogen-bond donors (Lipinski definition) is 5. The molecule has 0 radical (unpaired) electrons. The molecule has 0 aromatic carbocycles. The van der Waals surface area contributed by atoms with Gasteiger partial charge in [0.25, 0.3) is 0 Å². The minimum absolute atomic E-state index is 0.0156. The summed E-state index contributed by atoms with van der Waals surface area (Å²) in [5, 5.41) is 32.0. The van der Waals surface area contributed by atoms with Crippen LogP contribution in [0.1, 0.15) is 72.1 Å². The molecule has 5 fully saturated rings. The Morgan fingerprint density at radius 1 is 1.02 bits per heavy atom. The highest BCUT2D eigenvalue weighted by Gasteiger charge is 2.67. The molecule has 1 heterocycles. The maximum atomic E-state index is 12.9. The molecule has 4 aliphatic carbocycles. The lowest BCUT2D eigenvalue weighted by Crippen LogP contribution is -2.64. The summed E-state index contributed by atoms with van der Waals surface area (Å²) in [6, 6.07) is 0. The van der Waals surface area contributed by atoms with Crippen molar-refractivity contribution in [2.24, 2.45) is 40.4 Å². The van der Waals surface area contributed by atoms with Crippen molar-refractivity contribution < 1.29 is 73.4 Å². The fraction of sp³-hybridized carbons (Fsp3) is 0.867. The SMILES string of the molecule is C=C1C2CC[C@H]3[C@@]4(C)C[C@H](O[C@@H]5O[C@H](CO)[C@@H](OS(=O)(=O)O)[C@H](OS(=O)(=O)O)[C@H]5OC(=O)CC(C)C)C[C@@H](C(=O)O)[C@H]4CC[C@]3(C2)[C@H]1O. The van der Waals surface area contributed by atoms with Crippen molar-refractivity contribution in [3.8, 4) is 0 Å².